The third-order valence-corrected chi connectivity index (χ3v) is 4.25. The van der Waals surface area contributed by atoms with Gasteiger partial charge < -0.3 is 9.88 Å². The Bertz CT molecular complexity index is 768. The van der Waals surface area contributed by atoms with Crippen molar-refractivity contribution in [3.8, 4) is 0 Å². The smallest absolute Gasteiger partial charge is 0.262 e. The van der Waals surface area contributed by atoms with Gasteiger partial charge in [0.25, 0.3) is 11.8 Å². The topological polar surface area (TPSA) is 71.4 Å². The number of hydrogen-bond acceptors (Lipinski definition) is 3. The molecule has 2 heterocycles. The number of imide groups is 1. The summed E-state index contributed by atoms with van der Waals surface area (Å²) in [6, 6.07) is 10.7. The molecule has 6 nitrogen and oxygen atoms in total. The van der Waals surface area contributed by atoms with Gasteiger partial charge in [-0.05, 0) is 38.1 Å². The van der Waals surface area contributed by atoms with E-state index in [1.165, 1.54) is 0 Å². The van der Waals surface area contributed by atoms with Gasteiger partial charge in [-0.2, -0.15) is 0 Å². The first-order chi connectivity index (χ1) is 11.5. The minimum atomic E-state index is -0.414. The largest absolute Gasteiger partial charge is 0.353 e. The molecule has 0 fully saturated rings. The van der Waals surface area contributed by atoms with Gasteiger partial charge in [-0.1, -0.05) is 12.1 Å². The summed E-state index contributed by atoms with van der Waals surface area (Å²) in [5.41, 5.74) is 2.96. The number of aromatic nitrogens is 1. The average Bonchev–Trinajstić information content (AvgIpc) is 3.01. The number of carbonyl (C=O) groups is 3. The molecular weight excluding hydrogens is 306 g/mol. The molecule has 24 heavy (non-hydrogen) atoms. The molecule has 0 saturated heterocycles. The Balaban J connectivity index is 1.56. The predicted molar refractivity (Wildman–Crippen MR) is 88.7 cm³/mol. The van der Waals surface area contributed by atoms with Gasteiger partial charge in [-0.15, -0.1) is 0 Å². The fourth-order valence-corrected chi connectivity index (χ4v) is 2.94. The zero-order valence-corrected chi connectivity index (χ0v) is 13.7. The average molecular weight is 325 g/mol. The fraction of sp³-hybridized carbons (Fsp3) is 0.278. The van der Waals surface area contributed by atoms with E-state index in [1.807, 2.05) is 26.0 Å². The number of amides is 3. The molecule has 1 aromatic heterocycles. The normalized spacial score (nSPS) is 13.3. The van der Waals surface area contributed by atoms with Crippen LogP contribution in [-0.4, -0.2) is 40.3 Å². The van der Waals surface area contributed by atoms with E-state index in [1.54, 1.807) is 24.3 Å². The summed E-state index contributed by atoms with van der Waals surface area (Å²) >= 11 is 0. The van der Waals surface area contributed by atoms with E-state index < -0.39 is 11.8 Å². The second-order valence-electron chi connectivity index (χ2n) is 5.86. The van der Waals surface area contributed by atoms with Gasteiger partial charge in [0.1, 0.15) is 6.54 Å². The Kier molecular flexibility index (Phi) is 4.20. The zero-order valence-electron chi connectivity index (χ0n) is 13.7. The number of fused-ring (bicyclic) bond motifs is 1. The van der Waals surface area contributed by atoms with Crippen LogP contribution in [0, 0.1) is 13.8 Å². The fourth-order valence-electron chi connectivity index (χ4n) is 2.94. The highest BCUT2D eigenvalue weighted by Crippen LogP contribution is 2.21. The maximum atomic E-state index is 12.2. The maximum absolute atomic E-state index is 12.2. The maximum Gasteiger partial charge on any atom is 0.262 e. The van der Waals surface area contributed by atoms with Crippen LogP contribution in [0.5, 0.6) is 0 Å². The van der Waals surface area contributed by atoms with E-state index in [4.69, 9.17) is 0 Å². The lowest BCUT2D eigenvalue weighted by Crippen LogP contribution is -2.41. The summed E-state index contributed by atoms with van der Waals surface area (Å²) in [4.78, 5) is 37.5. The number of rotatable bonds is 5. The van der Waals surface area contributed by atoms with Gasteiger partial charge in [0.15, 0.2) is 0 Å². The number of nitrogens with zero attached hydrogens (tertiary/aromatic N) is 2. The van der Waals surface area contributed by atoms with Gasteiger partial charge in [0.2, 0.25) is 5.91 Å². The van der Waals surface area contributed by atoms with Gasteiger partial charge in [-0.3, -0.25) is 19.3 Å². The molecule has 0 unspecified atom stereocenters. The minimum Gasteiger partial charge on any atom is -0.353 e. The van der Waals surface area contributed by atoms with E-state index in [0.717, 1.165) is 16.3 Å². The third kappa shape index (κ3) is 2.82. The molecule has 6 heteroatoms. The van der Waals surface area contributed by atoms with Gasteiger partial charge >= 0.3 is 0 Å². The van der Waals surface area contributed by atoms with Crippen LogP contribution in [0.2, 0.25) is 0 Å². The van der Waals surface area contributed by atoms with Crippen molar-refractivity contribution < 1.29 is 14.4 Å². The molecule has 1 aliphatic heterocycles. The minimum absolute atomic E-state index is 0.254. The molecule has 2 aromatic rings. The van der Waals surface area contributed by atoms with E-state index in [2.05, 4.69) is 9.88 Å². The molecule has 124 valence electrons. The van der Waals surface area contributed by atoms with Crippen molar-refractivity contribution in [2.45, 2.75) is 20.4 Å². The Morgan fingerprint density at radius 2 is 1.50 bits per heavy atom. The monoisotopic (exact) mass is 325 g/mol. The van der Waals surface area contributed by atoms with Crippen LogP contribution in [-0.2, 0) is 11.3 Å². The molecule has 0 bridgehead atoms. The van der Waals surface area contributed by atoms with Crippen LogP contribution < -0.4 is 5.32 Å². The van der Waals surface area contributed by atoms with Crippen LogP contribution in [0.15, 0.2) is 36.4 Å². The van der Waals surface area contributed by atoms with Gasteiger partial charge in [-0.25, -0.2) is 0 Å². The number of hydrogen-bond donors (Lipinski definition) is 1. The lowest BCUT2D eigenvalue weighted by Gasteiger charge is -2.14. The zero-order chi connectivity index (χ0) is 17.3. The Morgan fingerprint density at radius 1 is 0.958 bits per heavy atom. The first kappa shape index (κ1) is 16.0. The molecule has 1 aliphatic rings. The summed E-state index contributed by atoms with van der Waals surface area (Å²) in [5, 5.41) is 2.76. The standard InChI is InChI=1S/C18H19N3O3/c1-12-7-8-13(2)20(12)10-9-19-16(22)11-21-17(23)14-5-3-4-6-15(14)18(21)24/h3-8H,9-11H2,1-2H3,(H,19,22). The quantitative estimate of drug-likeness (QED) is 0.847. The number of aryl methyl sites for hydroxylation is 2. The summed E-state index contributed by atoms with van der Waals surface area (Å²) in [6.45, 7) is 4.86. The van der Waals surface area contributed by atoms with Crippen LogP contribution in [0.4, 0.5) is 0 Å². The predicted octanol–water partition coefficient (Wildman–Crippen LogP) is 1.52. The van der Waals surface area contributed by atoms with Crippen LogP contribution in [0.3, 0.4) is 0 Å². The molecular formula is C18H19N3O3. The molecule has 0 saturated carbocycles. The van der Waals surface area contributed by atoms with Crippen molar-refractivity contribution in [1.82, 2.24) is 14.8 Å². The Labute approximate surface area is 140 Å². The summed E-state index contributed by atoms with van der Waals surface area (Å²) in [6.07, 6.45) is 0. The summed E-state index contributed by atoms with van der Waals surface area (Å²) < 4.78 is 2.10. The van der Waals surface area contributed by atoms with Crippen LogP contribution >= 0.6 is 0 Å². The van der Waals surface area contributed by atoms with Crippen molar-refractivity contribution >= 4 is 17.7 Å². The summed E-state index contributed by atoms with van der Waals surface area (Å²) in [7, 11) is 0. The van der Waals surface area contributed by atoms with E-state index >= 15 is 0 Å². The van der Waals surface area contributed by atoms with E-state index in [-0.39, 0.29) is 12.5 Å². The highest BCUT2D eigenvalue weighted by Gasteiger charge is 2.36. The van der Waals surface area contributed by atoms with E-state index in [0.29, 0.717) is 24.2 Å². The number of nitrogens with one attached hydrogen (secondary N) is 1. The molecule has 3 rings (SSSR count). The van der Waals surface area contributed by atoms with Crippen molar-refractivity contribution in [2.24, 2.45) is 0 Å². The molecule has 0 aliphatic carbocycles. The van der Waals surface area contributed by atoms with Crippen LogP contribution in [0.1, 0.15) is 32.1 Å². The molecule has 1 N–H and O–H groups in total. The third-order valence-electron chi connectivity index (χ3n) is 4.25. The molecule has 0 radical (unpaired) electrons. The first-order valence-corrected chi connectivity index (χ1v) is 7.83. The molecule has 1 aromatic carbocycles. The van der Waals surface area contributed by atoms with Gasteiger partial charge in [0.05, 0.1) is 11.1 Å². The molecule has 0 atom stereocenters. The van der Waals surface area contributed by atoms with Crippen molar-refractivity contribution in [1.29, 1.82) is 0 Å². The Hall–Kier alpha value is -2.89. The second kappa shape index (κ2) is 6.31. The van der Waals surface area contributed by atoms with Crippen LogP contribution in [0.25, 0.3) is 0 Å². The summed E-state index contributed by atoms with van der Waals surface area (Å²) in [5.74, 6) is -1.17. The number of benzene rings is 1. The number of carbonyl (C=O) groups excluding carboxylic acids is 3. The lowest BCUT2D eigenvalue weighted by atomic mass is 10.1. The van der Waals surface area contributed by atoms with Gasteiger partial charge in [0, 0.05) is 24.5 Å². The second-order valence-corrected chi connectivity index (χ2v) is 5.86. The highest BCUT2D eigenvalue weighted by atomic mass is 16.2. The first-order valence-electron chi connectivity index (χ1n) is 7.83. The van der Waals surface area contributed by atoms with Crippen molar-refractivity contribution in [2.75, 3.05) is 13.1 Å². The highest BCUT2D eigenvalue weighted by molar-refractivity contribution is 6.22. The lowest BCUT2D eigenvalue weighted by molar-refractivity contribution is -0.121. The Morgan fingerprint density at radius 3 is 2.04 bits per heavy atom. The SMILES string of the molecule is Cc1ccc(C)n1CCNC(=O)CN1C(=O)c2ccccc2C1=O. The molecule has 0 spiro atoms. The van der Waals surface area contributed by atoms with E-state index in [9.17, 15) is 14.4 Å². The molecule has 3 amide bonds. The van der Waals surface area contributed by atoms with Crippen molar-refractivity contribution in [3.63, 3.8) is 0 Å². The van der Waals surface area contributed by atoms with Crippen molar-refractivity contribution in [3.05, 3.63) is 58.9 Å².